The van der Waals surface area contributed by atoms with Crippen molar-refractivity contribution in [1.29, 1.82) is 0 Å². The van der Waals surface area contributed by atoms with Crippen molar-refractivity contribution in [1.82, 2.24) is 0 Å². The predicted octanol–water partition coefficient (Wildman–Crippen LogP) is 5.95. The van der Waals surface area contributed by atoms with Gasteiger partial charge in [-0.25, -0.2) is 0 Å². The summed E-state index contributed by atoms with van der Waals surface area (Å²) in [6, 6.07) is 22.4. The lowest BCUT2D eigenvalue weighted by Crippen LogP contribution is -2.40. The summed E-state index contributed by atoms with van der Waals surface area (Å²) >= 11 is 0. The fourth-order valence-electron chi connectivity index (χ4n) is 4.81. The third-order valence-electron chi connectivity index (χ3n) is 6.03. The molecule has 0 bridgehead atoms. The number of rotatable bonds is 3. The molecule has 4 heteroatoms. The van der Waals surface area contributed by atoms with Crippen LogP contribution in [0.15, 0.2) is 89.2 Å². The number of nitrogens with one attached hydrogen (secondary N) is 1. The first-order valence-corrected chi connectivity index (χ1v) is 10.5. The number of ketones is 1. The summed E-state index contributed by atoms with van der Waals surface area (Å²) in [5.74, 6) is 0.756. The van der Waals surface area contributed by atoms with E-state index in [9.17, 15) is 4.79 Å². The van der Waals surface area contributed by atoms with E-state index in [1.807, 2.05) is 30.3 Å². The molecule has 0 radical (unpaired) electrons. The van der Waals surface area contributed by atoms with Gasteiger partial charge in [0.2, 0.25) is 0 Å². The maximum Gasteiger partial charge on any atom is 0.145 e. The molecule has 2 heterocycles. The van der Waals surface area contributed by atoms with E-state index in [1.165, 1.54) is 5.56 Å². The van der Waals surface area contributed by atoms with E-state index in [-0.39, 0.29) is 23.2 Å². The molecule has 5 rings (SSSR count). The van der Waals surface area contributed by atoms with Gasteiger partial charge in [-0.05, 0) is 35.2 Å². The monoisotopic (exact) mass is 398 g/mol. The Labute approximate surface area is 177 Å². The van der Waals surface area contributed by atoms with E-state index in [1.54, 1.807) is 6.26 Å². The van der Waals surface area contributed by atoms with Gasteiger partial charge >= 0.3 is 0 Å². The molecular weight excluding hydrogens is 372 g/mol. The average Bonchev–Trinajstić information content (AvgIpc) is 3.20. The summed E-state index contributed by atoms with van der Waals surface area (Å²) in [4.78, 5) is 15.8. The van der Waals surface area contributed by atoms with Gasteiger partial charge in [-0.15, -0.1) is 0 Å². The molecular formula is C26H26N2O2. The normalized spacial score (nSPS) is 22.4. The Morgan fingerprint density at radius 3 is 2.57 bits per heavy atom. The highest BCUT2D eigenvalue weighted by Gasteiger charge is 2.45. The van der Waals surface area contributed by atoms with Crippen molar-refractivity contribution in [2.75, 3.05) is 10.2 Å². The highest BCUT2D eigenvalue weighted by molar-refractivity contribution is 5.90. The number of Topliss-reactive ketones (excluding diaryl/α,β-unsaturated/α-hetero) is 1. The molecule has 0 saturated heterocycles. The summed E-state index contributed by atoms with van der Waals surface area (Å²) in [6.07, 6.45) is 4.45. The van der Waals surface area contributed by atoms with Crippen LogP contribution in [0.4, 0.5) is 11.4 Å². The van der Waals surface area contributed by atoms with E-state index in [2.05, 4.69) is 66.5 Å². The average molecular weight is 399 g/mol. The van der Waals surface area contributed by atoms with E-state index >= 15 is 0 Å². The van der Waals surface area contributed by atoms with E-state index < -0.39 is 0 Å². The maximum atomic E-state index is 13.5. The Morgan fingerprint density at radius 2 is 1.80 bits per heavy atom. The highest BCUT2D eigenvalue weighted by Crippen LogP contribution is 2.48. The smallest absolute Gasteiger partial charge is 0.145 e. The van der Waals surface area contributed by atoms with Gasteiger partial charge in [0.05, 0.1) is 23.6 Å². The number of furan rings is 1. The molecule has 0 unspecified atom stereocenters. The van der Waals surface area contributed by atoms with Crippen LogP contribution in [0.3, 0.4) is 0 Å². The minimum atomic E-state index is -0.305. The number of hydrogen-bond donors (Lipinski definition) is 1. The number of allylic oxidation sites excluding steroid dienone is 1. The molecule has 2 aliphatic rings. The quantitative estimate of drug-likeness (QED) is 0.592. The Balaban J connectivity index is 1.72. The maximum absolute atomic E-state index is 13.5. The number of fused-ring (bicyclic) bond motifs is 2. The summed E-state index contributed by atoms with van der Waals surface area (Å²) in [5.41, 5.74) is 4.08. The molecule has 4 nitrogen and oxygen atoms in total. The molecule has 0 amide bonds. The van der Waals surface area contributed by atoms with Crippen molar-refractivity contribution in [2.24, 2.45) is 11.3 Å². The van der Waals surface area contributed by atoms with Crippen LogP contribution < -0.4 is 10.2 Å². The Bertz CT molecular complexity index is 1080. The molecule has 0 saturated carbocycles. The van der Waals surface area contributed by atoms with Crippen LogP contribution >= 0.6 is 0 Å². The zero-order valence-corrected chi connectivity index (χ0v) is 17.3. The summed E-state index contributed by atoms with van der Waals surface area (Å²) in [7, 11) is 0. The number of nitrogens with zero attached hydrogens (tertiary/aromatic N) is 1. The van der Waals surface area contributed by atoms with Crippen molar-refractivity contribution in [2.45, 2.75) is 32.9 Å². The Hall–Kier alpha value is -3.27. The van der Waals surface area contributed by atoms with Crippen LogP contribution in [-0.2, 0) is 11.3 Å². The van der Waals surface area contributed by atoms with Gasteiger partial charge in [0.1, 0.15) is 17.6 Å². The lowest BCUT2D eigenvalue weighted by molar-refractivity contribution is -0.124. The second kappa shape index (κ2) is 7.21. The number of anilines is 2. The van der Waals surface area contributed by atoms with Gasteiger partial charge in [0.25, 0.3) is 0 Å². The van der Waals surface area contributed by atoms with E-state index in [4.69, 9.17) is 4.42 Å². The zero-order chi connectivity index (χ0) is 20.7. The zero-order valence-electron chi connectivity index (χ0n) is 17.3. The van der Waals surface area contributed by atoms with Gasteiger partial charge in [0.15, 0.2) is 0 Å². The van der Waals surface area contributed by atoms with Crippen molar-refractivity contribution in [3.8, 4) is 0 Å². The number of carbonyl (C=O) groups excluding carboxylic acids is 1. The van der Waals surface area contributed by atoms with Crippen LogP contribution in [0.1, 0.15) is 37.6 Å². The molecule has 0 spiro atoms. The van der Waals surface area contributed by atoms with Crippen LogP contribution in [-0.4, -0.2) is 5.78 Å². The van der Waals surface area contributed by atoms with Crippen molar-refractivity contribution in [3.05, 3.63) is 96.1 Å². The highest BCUT2D eigenvalue weighted by atomic mass is 16.3. The Kier molecular flexibility index (Phi) is 4.50. The molecule has 3 aromatic rings. The Morgan fingerprint density at radius 1 is 1.03 bits per heavy atom. The molecule has 152 valence electrons. The van der Waals surface area contributed by atoms with Crippen LogP contribution in [0.25, 0.3) is 0 Å². The predicted molar refractivity (Wildman–Crippen MR) is 119 cm³/mol. The second-order valence-electron chi connectivity index (χ2n) is 8.92. The van der Waals surface area contributed by atoms with Gasteiger partial charge in [0, 0.05) is 18.7 Å². The number of carbonyl (C=O) groups is 1. The minimum absolute atomic E-state index is 0.173. The number of para-hydroxylation sites is 2. The van der Waals surface area contributed by atoms with Gasteiger partial charge in [-0.3, -0.25) is 4.79 Å². The summed E-state index contributed by atoms with van der Waals surface area (Å²) < 4.78 is 5.91. The third kappa shape index (κ3) is 3.32. The molecule has 30 heavy (non-hydrogen) atoms. The number of hydrogen-bond acceptors (Lipinski definition) is 4. The molecule has 2 atom stereocenters. The van der Waals surface area contributed by atoms with Gasteiger partial charge in [-0.1, -0.05) is 62.4 Å². The fraction of sp³-hybridized carbons (Fsp3) is 0.269. The van der Waals surface area contributed by atoms with Crippen molar-refractivity contribution >= 4 is 17.2 Å². The molecule has 1 aliphatic heterocycles. The third-order valence-corrected chi connectivity index (χ3v) is 6.03. The fourth-order valence-corrected chi connectivity index (χ4v) is 4.81. The van der Waals surface area contributed by atoms with Gasteiger partial charge in [-0.2, -0.15) is 0 Å². The lowest BCUT2D eigenvalue weighted by atomic mass is 9.73. The first-order chi connectivity index (χ1) is 14.5. The molecule has 1 aromatic heterocycles. The molecule has 1 N–H and O–H groups in total. The van der Waals surface area contributed by atoms with Crippen LogP contribution in [0.2, 0.25) is 0 Å². The first kappa shape index (κ1) is 18.7. The summed E-state index contributed by atoms with van der Waals surface area (Å²) in [5, 5.41) is 3.61. The van der Waals surface area contributed by atoms with E-state index in [0.717, 1.165) is 22.8 Å². The van der Waals surface area contributed by atoms with Crippen LogP contribution in [0, 0.1) is 11.3 Å². The molecule has 1 aliphatic carbocycles. The molecule has 0 fully saturated rings. The minimum Gasteiger partial charge on any atom is -0.467 e. The summed E-state index contributed by atoms with van der Waals surface area (Å²) in [6.45, 7) is 4.93. The number of benzene rings is 2. The topological polar surface area (TPSA) is 45.5 Å². The van der Waals surface area contributed by atoms with Crippen molar-refractivity contribution < 1.29 is 9.21 Å². The standard InChI is InChI=1S/C26H26N2O2/c1-26(2)15-20-24(22(29)16-26)25(23-13-8-14-30-23)28(17-18-9-4-3-5-10-18)21-12-7-6-11-19(21)27-20/h3-15,24-25,27H,16-17H2,1-2H3/t24-,25-/m1/s1. The largest absolute Gasteiger partial charge is 0.467 e. The van der Waals surface area contributed by atoms with Crippen LogP contribution in [0.5, 0.6) is 0 Å². The first-order valence-electron chi connectivity index (χ1n) is 10.5. The van der Waals surface area contributed by atoms with E-state index in [0.29, 0.717) is 13.0 Å². The second-order valence-corrected chi connectivity index (χ2v) is 8.92. The van der Waals surface area contributed by atoms with Gasteiger partial charge < -0.3 is 14.6 Å². The van der Waals surface area contributed by atoms with Crippen molar-refractivity contribution in [3.63, 3.8) is 0 Å². The molecule has 2 aromatic carbocycles. The lowest BCUT2D eigenvalue weighted by Gasteiger charge is -2.39. The SMILES string of the molecule is CC1(C)C=C2Nc3ccccc3N(Cc3ccccc3)[C@H](c3ccco3)[C@H]2C(=O)C1.